The minimum Gasteiger partial charge on any atom is -0.402 e. The number of aryl methyl sites for hydroxylation is 2. The highest BCUT2D eigenvalue weighted by Crippen LogP contribution is 2.35. The number of amidine groups is 1. The van der Waals surface area contributed by atoms with Crippen LogP contribution >= 0.6 is 11.6 Å². The van der Waals surface area contributed by atoms with Crippen molar-refractivity contribution in [3.8, 4) is 0 Å². The lowest BCUT2D eigenvalue weighted by atomic mass is 9.94. The van der Waals surface area contributed by atoms with Crippen molar-refractivity contribution in [2.24, 2.45) is 21.5 Å². The van der Waals surface area contributed by atoms with Crippen LogP contribution in [-0.4, -0.2) is 25.3 Å². The number of aliphatic imine (C=N–C) groups is 2. The second-order valence-electron chi connectivity index (χ2n) is 9.85. The molecule has 6 N–H and O–H groups in total. The molecule has 0 saturated carbocycles. The van der Waals surface area contributed by atoms with E-state index in [-0.39, 0.29) is 12.1 Å². The molecule has 8 heteroatoms. The Bertz CT molecular complexity index is 1300. The van der Waals surface area contributed by atoms with E-state index in [9.17, 15) is 4.39 Å². The Morgan fingerprint density at radius 2 is 1.66 bits per heavy atom. The summed E-state index contributed by atoms with van der Waals surface area (Å²) < 4.78 is 13.3. The third-order valence-corrected chi connectivity index (χ3v) is 6.42. The summed E-state index contributed by atoms with van der Waals surface area (Å²) in [5, 5.41) is 10.8. The van der Waals surface area contributed by atoms with Crippen molar-refractivity contribution >= 4 is 36.1 Å². The molecule has 0 aliphatic rings. The zero-order chi connectivity index (χ0) is 31.9. The molecule has 41 heavy (non-hydrogen) atoms. The average molecular weight is 583 g/mol. The second-order valence-corrected chi connectivity index (χ2v) is 10.3. The smallest absolute Gasteiger partial charge is 0.104 e. The molecule has 224 valence electrons. The van der Waals surface area contributed by atoms with Crippen LogP contribution in [0.25, 0.3) is 0 Å². The zero-order valence-electron chi connectivity index (χ0n) is 26.2. The topological polar surface area (TPSA) is 113 Å². The SMILES string of the molecule is C=NC(/C(C(=C)NC/C(C=N)=C(/C)F)=C(/C)N)c1ccc(C)cc1Cl.CC(N)=Nc1ccc(C)c(C)c1C.CCC. The third kappa shape index (κ3) is 12.1. The summed E-state index contributed by atoms with van der Waals surface area (Å²) in [6.45, 7) is 25.1. The lowest BCUT2D eigenvalue weighted by molar-refractivity contribution is 0.627. The van der Waals surface area contributed by atoms with Gasteiger partial charge in [0.1, 0.15) is 11.9 Å². The summed E-state index contributed by atoms with van der Waals surface area (Å²) in [6, 6.07) is 9.23. The first-order valence-electron chi connectivity index (χ1n) is 13.5. The van der Waals surface area contributed by atoms with Crippen LogP contribution in [0.4, 0.5) is 10.1 Å². The molecule has 0 spiro atoms. The fraction of sp³-hybridized carbons (Fsp3) is 0.364. The van der Waals surface area contributed by atoms with E-state index < -0.39 is 11.9 Å². The highest BCUT2D eigenvalue weighted by Gasteiger charge is 2.22. The lowest BCUT2D eigenvalue weighted by Crippen LogP contribution is -2.22. The summed E-state index contributed by atoms with van der Waals surface area (Å²) in [4.78, 5) is 8.43. The summed E-state index contributed by atoms with van der Waals surface area (Å²) >= 11 is 6.36. The van der Waals surface area contributed by atoms with Crippen LogP contribution in [-0.2, 0) is 0 Å². The number of nitrogens with zero attached hydrogens (tertiary/aromatic N) is 2. The Hall–Kier alpha value is -3.71. The molecule has 0 aromatic heterocycles. The summed E-state index contributed by atoms with van der Waals surface area (Å²) in [5.74, 6) is 0.177. The molecule has 1 atom stereocenters. The quantitative estimate of drug-likeness (QED) is 0.135. The largest absolute Gasteiger partial charge is 0.402 e. The van der Waals surface area contributed by atoms with E-state index in [1.54, 1.807) is 13.8 Å². The van der Waals surface area contributed by atoms with Crippen LogP contribution in [0.1, 0.15) is 74.9 Å². The Labute approximate surface area is 251 Å². The van der Waals surface area contributed by atoms with Crippen molar-refractivity contribution < 1.29 is 4.39 Å². The first-order chi connectivity index (χ1) is 19.2. The van der Waals surface area contributed by atoms with E-state index in [0.29, 0.717) is 27.8 Å². The first kappa shape index (κ1) is 37.3. The molecule has 0 fully saturated rings. The van der Waals surface area contributed by atoms with Gasteiger partial charge >= 0.3 is 0 Å². The second kappa shape index (κ2) is 18.6. The maximum absolute atomic E-state index is 13.3. The van der Waals surface area contributed by atoms with Crippen LogP contribution in [0.5, 0.6) is 0 Å². The molecule has 0 saturated heterocycles. The van der Waals surface area contributed by atoms with Crippen LogP contribution in [0.3, 0.4) is 0 Å². The maximum Gasteiger partial charge on any atom is 0.104 e. The standard InChI is InChI=1S/C19H24ClFN4.C11H16N2.C3H8/c1-11-6-7-16(17(20)8-11)19(24-5)18(13(3)23)14(4)25-10-15(9-22)12(2)21;1-7-5-6-11(13-10(4)12)9(3)8(7)2;1-3-2/h6-9,19,22,25H,4-5,10,23H2,1-3H3;5-6H,1-4H3,(H2,12,13);3H2,1-2H3/b15-12-,18-13-,22-9?;;. The van der Waals surface area contributed by atoms with Crippen molar-refractivity contribution in [2.45, 2.75) is 74.8 Å². The molecule has 0 radical (unpaired) electrons. The number of allylic oxidation sites excluding steroid dienone is 2. The molecule has 1 unspecified atom stereocenters. The van der Waals surface area contributed by atoms with Gasteiger partial charge in [-0.15, -0.1) is 0 Å². The van der Waals surface area contributed by atoms with Gasteiger partial charge in [0.2, 0.25) is 0 Å². The van der Waals surface area contributed by atoms with Gasteiger partial charge in [0, 0.05) is 40.3 Å². The van der Waals surface area contributed by atoms with Gasteiger partial charge in [-0.3, -0.25) is 4.99 Å². The Morgan fingerprint density at radius 1 is 1.07 bits per heavy atom. The van der Waals surface area contributed by atoms with Crippen LogP contribution in [0.15, 0.2) is 75.3 Å². The van der Waals surface area contributed by atoms with E-state index in [0.717, 1.165) is 23.0 Å². The number of nitrogens with one attached hydrogen (secondary N) is 2. The van der Waals surface area contributed by atoms with E-state index in [1.807, 2.05) is 31.2 Å². The first-order valence-corrected chi connectivity index (χ1v) is 13.9. The third-order valence-electron chi connectivity index (χ3n) is 6.09. The van der Waals surface area contributed by atoms with Crippen molar-refractivity contribution in [3.63, 3.8) is 0 Å². The molecule has 0 aliphatic heterocycles. The summed E-state index contributed by atoms with van der Waals surface area (Å²) in [7, 11) is 0. The minimum atomic E-state index is -0.503. The highest BCUT2D eigenvalue weighted by atomic mass is 35.5. The molecule has 0 bridgehead atoms. The molecule has 2 aromatic carbocycles. The zero-order valence-corrected chi connectivity index (χ0v) is 26.9. The normalized spacial score (nSPS) is 12.8. The average Bonchev–Trinajstić information content (AvgIpc) is 2.88. The number of hydrogen-bond acceptors (Lipinski definition) is 5. The van der Waals surface area contributed by atoms with Gasteiger partial charge in [0.15, 0.2) is 0 Å². The maximum atomic E-state index is 13.3. The summed E-state index contributed by atoms with van der Waals surface area (Å²) in [6.07, 6.45) is 2.22. The minimum absolute atomic E-state index is 0.118. The molecule has 0 amide bonds. The van der Waals surface area contributed by atoms with Gasteiger partial charge in [-0.1, -0.05) is 56.6 Å². The van der Waals surface area contributed by atoms with E-state index in [2.05, 4.69) is 69.3 Å². The van der Waals surface area contributed by atoms with Crippen molar-refractivity contribution in [3.05, 3.63) is 98.1 Å². The number of halogens is 2. The van der Waals surface area contributed by atoms with Crippen LogP contribution in [0.2, 0.25) is 5.02 Å². The number of hydrogen-bond donors (Lipinski definition) is 4. The number of rotatable bonds is 9. The molecule has 2 aromatic rings. The Balaban J connectivity index is 0.000000832. The van der Waals surface area contributed by atoms with E-state index in [1.165, 1.54) is 30.0 Å². The van der Waals surface area contributed by atoms with Gasteiger partial charge in [-0.25, -0.2) is 9.38 Å². The molecule has 2 rings (SSSR count). The van der Waals surface area contributed by atoms with Crippen molar-refractivity contribution in [1.82, 2.24) is 5.32 Å². The van der Waals surface area contributed by atoms with Crippen molar-refractivity contribution in [1.29, 1.82) is 5.41 Å². The number of benzene rings is 2. The fourth-order valence-corrected chi connectivity index (χ4v) is 3.98. The fourth-order valence-electron chi connectivity index (χ4n) is 3.64. The molecule has 0 heterocycles. The van der Waals surface area contributed by atoms with Crippen LogP contribution in [0, 0.1) is 33.1 Å². The monoisotopic (exact) mass is 582 g/mol. The van der Waals surface area contributed by atoms with Gasteiger partial charge in [0.05, 0.1) is 11.5 Å². The van der Waals surface area contributed by atoms with E-state index in [4.69, 9.17) is 28.5 Å². The van der Waals surface area contributed by atoms with Crippen LogP contribution < -0.4 is 16.8 Å². The predicted molar refractivity (Wildman–Crippen MR) is 179 cm³/mol. The lowest BCUT2D eigenvalue weighted by Gasteiger charge is -2.22. The molecule has 0 aliphatic carbocycles. The number of nitrogens with two attached hydrogens (primary N) is 2. The molecular weight excluding hydrogens is 535 g/mol. The highest BCUT2D eigenvalue weighted by molar-refractivity contribution is 6.31. The summed E-state index contributed by atoms with van der Waals surface area (Å²) in [5.41, 5.74) is 20.0. The molecule has 6 nitrogen and oxygen atoms in total. The Morgan fingerprint density at radius 3 is 2.10 bits per heavy atom. The van der Waals surface area contributed by atoms with Gasteiger partial charge in [-0.2, -0.15) is 0 Å². The van der Waals surface area contributed by atoms with E-state index >= 15 is 0 Å². The van der Waals surface area contributed by atoms with Gasteiger partial charge < -0.3 is 22.2 Å². The van der Waals surface area contributed by atoms with Gasteiger partial charge in [-0.05, 0) is 95.1 Å². The van der Waals surface area contributed by atoms with Gasteiger partial charge in [0.25, 0.3) is 0 Å². The Kier molecular flexibility index (Phi) is 16.9. The van der Waals surface area contributed by atoms with Crippen molar-refractivity contribution in [2.75, 3.05) is 6.54 Å². The molecular formula is C33H48ClFN6. The predicted octanol–water partition coefficient (Wildman–Crippen LogP) is 8.66.